The zero-order chi connectivity index (χ0) is 14.3. The van der Waals surface area contributed by atoms with Crippen LogP contribution in [0, 0.1) is 0 Å². The Balaban J connectivity index is 1.82. The third-order valence-electron chi connectivity index (χ3n) is 4.01. The van der Waals surface area contributed by atoms with Crippen LogP contribution in [-0.4, -0.2) is 42.6 Å². The first kappa shape index (κ1) is 12.8. The number of likely N-dealkylation sites (N-methyl/N-ethyl adjacent to an activating group) is 1. The van der Waals surface area contributed by atoms with Gasteiger partial charge in [0.15, 0.2) is 0 Å². The quantitative estimate of drug-likeness (QED) is 0.766. The van der Waals surface area contributed by atoms with E-state index < -0.39 is 0 Å². The molecule has 104 valence electrons. The Hall–Kier alpha value is -2.17. The van der Waals surface area contributed by atoms with E-state index in [9.17, 15) is 14.4 Å². The minimum absolute atomic E-state index is 0.0492. The van der Waals surface area contributed by atoms with E-state index in [1.54, 1.807) is 29.0 Å². The number of hydrogen-bond acceptors (Lipinski definition) is 3. The van der Waals surface area contributed by atoms with Crippen molar-refractivity contribution in [1.29, 1.82) is 0 Å². The first-order valence-corrected chi connectivity index (χ1v) is 6.77. The SMILES string of the molecule is CN1C(=O)Cc2cc(C(=O)N3CCC(=O)CC3)ccc21. The molecule has 0 spiro atoms. The van der Waals surface area contributed by atoms with Crippen molar-refractivity contribution in [3.8, 4) is 0 Å². The van der Waals surface area contributed by atoms with Gasteiger partial charge in [-0.3, -0.25) is 14.4 Å². The van der Waals surface area contributed by atoms with Gasteiger partial charge in [0.1, 0.15) is 5.78 Å². The molecule has 1 aromatic carbocycles. The number of likely N-dealkylation sites (tertiary alicyclic amines) is 1. The maximum Gasteiger partial charge on any atom is 0.253 e. The monoisotopic (exact) mass is 272 g/mol. The second-order valence-corrected chi connectivity index (χ2v) is 5.30. The molecule has 3 rings (SSSR count). The van der Waals surface area contributed by atoms with Crippen LogP contribution in [0.25, 0.3) is 0 Å². The molecule has 1 fully saturated rings. The highest BCUT2D eigenvalue weighted by atomic mass is 16.2. The summed E-state index contributed by atoms with van der Waals surface area (Å²) in [4.78, 5) is 38.6. The van der Waals surface area contributed by atoms with E-state index in [2.05, 4.69) is 0 Å². The lowest BCUT2D eigenvalue weighted by atomic mass is 10.0. The Bertz CT molecular complexity index is 599. The van der Waals surface area contributed by atoms with Crippen molar-refractivity contribution in [3.63, 3.8) is 0 Å². The molecule has 0 N–H and O–H groups in total. The van der Waals surface area contributed by atoms with Gasteiger partial charge in [-0.25, -0.2) is 0 Å². The number of nitrogens with zero attached hydrogens (tertiary/aromatic N) is 2. The number of benzene rings is 1. The number of amides is 2. The molecular weight excluding hydrogens is 256 g/mol. The first-order chi connectivity index (χ1) is 9.56. The molecule has 2 aliphatic rings. The Morgan fingerprint density at radius 1 is 1.15 bits per heavy atom. The summed E-state index contributed by atoms with van der Waals surface area (Å²) in [6, 6.07) is 5.38. The number of Topliss-reactive ketones (excluding diaryl/α,β-unsaturated/α-hetero) is 1. The van der Waals surface area contributed by atoms with Gasteiger partial charge in [-0.05, 0) is 23.8 Å². The van der Waals surface area contributed by atoms with Crippen LogP contribution in [0.1, 0.15) is 28.8 Å². The molecule has 20 heavy (non-hydrogen) atoms. The smallest absolute Gasteiger partial charge is 0.253 e. The van der Waals surface area contributed by atoms with Crippen molar-refractivity contribution in [2.75, 3.05) is 25.0 Å². The highest BCUT2D eigenvalue weighted by Gasteiger charge is 2.27. The maximum absolute atomic E-state index is 12.4. The van der Waals surface area contributed by atoms with E-state index in [0.717, 1.165) is 11.3 Å². The van der Waals surface area contributed by atoms with Gasteiger partial charge >= 0.3 is 0 Å². The Kier molecular flexibility index (Phi) is 3.04. The lowest BCUT2D eigenvalue weighted by molar-refractivity contribution is -0.121. The minimum Gasteiger partial charge on any atom is -0.338 e. The van der Waals surface area contributed by atoms with Gasteiger partial charge in [-0.1, -0.05) is 0 Å². The second kappa shape index (κ2) is 4.74. The molecule has 0 unspecified atom stereocenters. The molecule has 0 bridgehead atoms. The van der Waals surface area contributed by atoms with E-state index >= 15 is 0 Å². The number of carbonyl (C=O) groups is 3. The third kappa shape index (κ3) is 2.09. The van der Waals surface area contributed by atoms with Crippen molar-refractivity contribution in [3.05, 3.63) is 29.3 Å². The van der Waals surface area contributed by atoms with Gasteiger partial charge in [0.2, 0.25) is 5.91 Å². The molecule has 0 atom stereocenters. The summed E-state index contributed by atoms with van der Waals surface area (Å²) in [6.07, 6.45) is 1.24. The standard InChI is InChI=1S/C15H16N2O3/c1-16-13-3-2-10(8-11(13)9-14(16)19)15(20)17-6-4-12(18)5-7-17/h2-3,8H,4-7,9H2,1H3. The van der Waals surface area contributed by atoms with Crippen LogP contribution >= 0.6 is 0 Å². The summed E-state index contributed by atoms with van der Waals surface area (Å²) >= 11 is 0. The fourth-order valence-electron chi connectivity index (χ4n) is 2.74. The van der Waals surface area contributed by atoms with E-state index in [1.165, 1.54) is 0 Å². The molecule has 1 aromatic rings. The predicted molar refractivity (Wildman–Crippen MR) is 73.7 cm³/mol. The molecule has 5 nitrogen and oxygen atoms in total. The normalized spacial score (nSPS) is 18.4. The van der Waals surface area contributed by atoms with Gasteiger partial charge in [-0.15, -0.1) is 0 Å². The Labute approximate surface area is 117 Å². The van der Waals surface area contributed by atoms with Gasteiger partial charge in [0.05, 0.1) is 6.42 Å². The number of hydrogen-bond donors (Lipinski definition) is 0. The number of ketones is 1. The van der Waals surface area contributed by atoms with Crippen LogP contribution in [0.5, 0.6) is 0 Å². The molecule has 2 amide bonds. The fourth-order valence-corrected chi connectivity index (χ4v) is 2.74. The Morgan fingerprint density at radius 2 is 1.85 bits per heavy atom. The summed E-state index contributed by atoms with van der Waals surface area (Å²) in [6.45, 7) is 0.987. The van der Waals surface area contributed by atoms with Crippen molar-refractivity contribution < 1.29 is 14.4 Å². The predicted octanol–water partition coefficient (Wildman–Crippen LogP) is 1.01. The number of rotatable bonds is 1. The topological polar surface area (TPSA) is 57.7 Å². The largest absolute Gasteiger partial charge is 0.338 e. The van der Waals surface area contributed by atoms with E-state index in [1.807, 2.05) is 6.07 Å². The first-order valence-electron chi connectivity index (χ1n) is 6.77. The van der Waals surface area contributed by atoms with Crippen molar-refractivity contribution in [2.24, 2.45) is 0 Å². The summed E-state index contributed by atoms with van der Waals surface area (Å²) in [5.74, 6) is 0.214. The lowest BCUT2D eigenvalue weighted by Crippen LogP contribution is -2.38. The molecule has 1 saturated heterocycles. The summed E-state index contributed by atoms with van der Waals surface area (Å²) < 4.78 is 0. The zero-order valence-corrected chi connectivity index (χ0v) is 11.4. The molecule has 0 saturated carbocycles. The number of carbonyl (C=O) groups excluding carboxylic acids is 3. The molecule has 0 radical (unpaired) electrons. The van der Waals surface area contributed by atoms with Crippen LogP contribution in [0.4, 0.5) is 5.69 Å². The third-order valence-corrected chi connectivity index (χ3v) is 4.01. The van der Waals surface area contributed by atoms with Gasteiger partial charge in [-0.2, -0.15) is 0 Å². The van der Waals surface area contributed by atoms with Gasteiger partial charge in [0, 0.05) is 44.2 Å². The van der Waals surface area contributed by atoms with Crippen LogP contribution in [0.3, 0.4) is 0 Å². The lowest BCUT2D eigenvalue weighted by Gasteiger charge is -2.26. The average Bonchev–Trinajstić information content (AvgIpc) is 2.74. The number of anilines is 1. The van der Waals surface area contributed by atoms with E-state index in [4.69, 9.17) is 0 Å². The van der Waals surface area contributed by atoms with Crippen molar-refractivity contribution in [1.82, 2.24) is 4.90 Å². The molecule has 5 heteroatoms. The molecule has 0 aliphatic carbocycles. The molecule has 0 aromatic heterocycles. The second-order valence-electron chi connectivity index (χ2n) is 5.30. The summed E-state index contributed by atoms with van der Waals surface area (Å²) in [7, 11) is 1.74. The highest BCUT2D eigenvalue weighted by molar-refractivity contribution is 6.03. The van der Waals surface area contributed by atoms with Gasteiger partial charge in [0.25, 0.3) is 5.91 Å². The zero-order valence-electron chi connectivity index (χ0n) is 11.4. The Morgan fingerprint density at radius 3 is 2.55 bits per heavy atom. The fraction of sp³-hybridized carbons (Fsp3) is 0.400. The van der Waals surface area contributed by atoms with Gasteiger partial charge < -0.3 is 9.80 Å². The highest BCUT2D eigenvalue weighted by Crippen LogP contribution is 2.28. The van der Waals surface area contributed by atoms with E-state index in [-0.39, 0.29) is 17.6 Å². The minimum atomic E-state index is -0.0534. The van der Waals surface area contributed by atoms with Crippen LogP contribution in [0.2, 0.25) is 0 Å². The number of fused-ring (bicyclic) bond motifs is 1. The van der Waals surface area contributed by atoms with Crippen LogP contribution < -0.4 is 4.90 Å². The van der Waals surface area contributed by atoms with Crippen LogP contribution in [-0.2, 0) is 16.0 Å². The van der Waals surface area contributed by atoms with E-state index in [0.29, 0.717) is 37.9 Å². The number of piperidine rings is 1. The van der Waals surface area contributed by atoms with Crippen LogP contribution in [0.15, 0.2) is 18.2 Å². The summed E-state index contributed by atoms with van der Waals surface area (Å²) in [5, 5.41) is 0. The summed E-state index contributed by atoms with van der Waals surface area (Å²) in [5.41, 5.74) is 2.37. The molecular formula is C15H16N2O3. The van der Waals surface area contributed by atoms with Crippen molar-refractivity contribution >= 4 is 23.3 Å². The average molecular weight is 272 g/mol. The molecule has 2 aliphatic heterocycles. The maximum atomic E-state index is 12.4. The van der Waals surface area contributed by atoms with Crippen molar-refractivity contribution in [2.45, 2.75) is 19.3 Å². The molecule has 2 heterocycles.